The van der Waals surface area contributed by atoms with E-state index in [-0.39, 0.29) is 5.78 Å². The van der Waals surface area contributed by atoms with Crippen molar-refractivity contribution in [2.24, 2.45) is 0 Å². The summed E-state index contributed by atoms with van der Waals surface area (Å²) in [4.78, 5) is 13.8. The maximum Gasteiger partial charge on any atom is 0.435 e. The summed E-state index contributed by atoms with van der Waals surface area (Å²) in [5.74, 6) is 0.130. The molecule has 8 heteroatoms. The molecular weight excluding hydrogens is 417 g/mol. The molecule has 2 aliphatic carbocycles. The van der Waals surface area contributed by atoms with E-state index in [4.69, 9.17) is 0 Å². The lowest BCUT2D eigenvalue weighted by atomic mass is 9.92. The molecular formula is C21H25F3N2OS2. The lowest BCUT2D eigenvalue weighted by molar-refractivity contribution is -0.142. The molecule has 0 amide bonds. The number of aryl methyl sites for hydroxylation is 1. The first-order valence-corrected chi connectivity index (χ1v) is 12.3. The van der Waals surface area contributed by atoms with Crippen LogP contribution in [0.15, 0.2) is 4.21 Å². The van der Waals surface area contributed by atoms with Gasteiger partial charge in [0, 0.05) is 24.2 Å². The van der Waals surface area contributed by atoms with Crippen molar-refractivity contribution in [1.82, 2.24) is 9.78 Å². The van der Waals surface area contributed by atoms with Gasteiger partial charge in [0.2, 0.25) is 0 Å². The van der Waals surface area contributed by atoms with Crippen molar-refractivity contribution in [3.63, 3.8) is 0 Å². The number of fused-ring (bicyclic) bond motifs is 2. The van der Waals surface area contributed by atoms with Crippen LogP contribution in [-0.2, 0) is 38.4 Å². The molecule has 0 spiro atoms. The Balaban J connectivity index is 1.47. The van der Waals surface area contributed by atoms with Crippen LogP contribution in [0, 0.1) is 0 Å². The molecule has 2 heterocycles. The third-order valence-corrected chi connectivity index (χ3v) is 8.40. The number of hydrogen-bond acceptors (Lipinski definition) is 4. The molecule has 0 fully saturated rings. The fourth-order valence-corrected chi connectivity index (χ4v) is 6.73. The van der Waals surface area contributed by atoms with Gasteiger partial charge < -0.3 is 0 Å². The van der Waals surface area contributed by atoms with Gasteiger partial charge in [0.15, 0.2) is 11.5 Å². The van der Waals surface area contributed by atoms with E-state index in [1.807, 2.05) is 6.26 Å². The summed E-state index contributed by atoms with van der Waals surface area (Å²) in [5, 5.41) is 3.90. The highest BCUT2D eigenvalue weighted by molar-refractivity contribution is 8.00. The first-order chi connectivity index (χ1) is 13.9. The van der Waals surface area contributed by atoms with Crippen LogP contribution in [0.2, 0.25) is 0 Å². The normalized spacial score (nSPS) is 16.6. The number of carbonyl (C=O) groups is 1. The van der Waals surface area contributed by atoms with Gasteiger partial charge in [0.05, 0.1) is 9.09 Å². The fourth-order valence-electron chi connectivity index (χ4n) is 4.57. The topological polar surface area (TPSA) is 34.9 Å². The van der Waals surface area contributed by atoms with Gasteiger partial charge in [0.25, 0.3) is 0 Å². The Hall–Kier alpha value is -1.28. The van der Waals surface area contributed by atoms with Crippen LogP contribution in [-0.4, -0.2) is 21.8 Å². The van der Waals surface area contributed by atoms with Crippen LogP contribution >= 0.6 is 23.1 Å². The highest BCUT2D eigenvalue weighted by Gasteiger charge is 2.39. The second kappa shape index (κ2) is 8.46. The zero-order chi connectivity index (χ0) is 20.6. The summed E-state index contributed by atoms with van der Waals surface area (Å²) in [6, 6.07) is 0. The van der Waals surface area contributed by atoms with Crippen molar-refractivity contribution in [1.29, 1.82) is 0 Å². The maximum absolute atomic E-state index is 13.3. The van der Waals surface area contributed by atoms with Crippen LogP contribution in [0.3, 0.4) is 0 Å². The number of nitrogens with zero attached hydrogens (tertiary/aromatic N) is 2. The van der Waals surface area contributed by atoms with Crippen LogP contribution in [0.25, 0.3) is 0 Å². The number of aromatic nitrogens is 2. The number of thioether (sulfide) groups is 1. The zero-order valence-electron chi connectivity index (χ0n) is 16.5. The fraction of sp³-hybridized carbons (Fsp3) is 0.619. The summed E-state index contributed by atoms with van der Waals surface area (Å²) in [6.45, 7) is 0.368. The number of rotatable bonds is 6. The Morgan fingerprint density at radius 2 is 1.72 bits per heavy atom. The Bertz CT molecular complexity index is 914. The molecule has 0 bridgehead atoms. The molecule has 2 aromatic rings. The number of hydrogen-bond donors (Lipinski definition) is 0. The first kappa shape index (κ1) is 21.0. The largest absolute Gasteiger partial charge is 0.435 e. The molecule has 29 heavy (non-hydrogen) atoms. The van der Waals surface area contributed by atoms with Crippen molar-refractivity contribution in [3.8, 4) is 0 Å². The van der Waals surface area contributed by atoms with E-state index >= 15 is 0 Å². The first-order valence-electron chi connectivity index (χ1n) is 10.3. The quantitative estimate of drug-likeness (QED) is 0.400. The monoisotopic (exact) mass is 442 g/mol. The molecule has 0 saturated carbocycles. The molecule has 4 rings (SSSR count). The summed E-state index contributed by atoms with van der Waals surface area (Å²) < 4.78 is 42.7. The molecule has 3 nitrogen and oxygen atoms in total. The van der Waals surface area contributed by atoms with E-state index in [1.165, 1.54) is 26.4 Å². The second-order valence-electron chi connectivity index (χ2n) is 7.82. The summed E-state index contributed by atoms with van der Waals surface area (Å²) >= 11 is 3.31. The Labute approximate surface area is 177 Å². The van der Waals surface area contributed by atoms with Gasteiger partial charge in [-0.25, -0.2) is 0 Å². The van der Waals surface area contributed by atoms with Crippen molar-refractivity contribution in [2.45, 2.75) is 81.1 Å². The summed E-state index contributed by atoms with van der Waals surface area (Å²) in [6.07, 6.45) is 5.60. The van der Waals surface area contributed by atoms with E-state index in [2.05, 4.69) is 5.10 Å². The van der Waals surface area contributed by atoms with E-state index in [0.29, 0.717) is 43.5 Å². The van der Waals surface area contributed by atoms with Crippen LogP contribution in [0.4, 0.5) is 13.2 Å². The zero-order valence-corrected chi connectivity index (χ0v) is 18.2. The van der Waals surface area contributed by atoms with Crippen molar-refractivity contribution in [2.75, 3.05) is 6.26 Å². The molecule has 0 radical (unpaired) electrons. The number of halogens is 3. The minimum Gasteiger partial charge on any atom is -0.293 e. The number of alkyl halides is 3. The number of Topliss-reactive ketones (excluding diaryl/α,β-unsaturated/α-hetero) is 1. The average molecular weight is 443 g/mol. The molecule has 0 saturated heterocycles. The number of ketones is 1. The van der Waals surface area contributed by atoms with Crippen LogP contribution in [0.1, 0.15) is 76.3 Å². The van der Waals surface area contributed by atoms with Gasteiger partial charge in [-0.2, -0.15) is 18.3 Å². The molecule has 2 aliphatic rings. The lowest BCUT2D eigenvalue weighted by Gasteiger charge is -2.15. The van der Waals surface area contributed by atoms with E-state index in [0.717, 1.165) is 37.0 Å². The van der Waals surface area contributed by atoms with Gasteiger partial charge >= 0.3 is 6.18 Å². The van der Waals surface area contributed by atoms with E-state index in [1.54, 1.807) is 23.1 Å². The van der Waals surface area contributed by atoms with Gasteiger partial charge in [-0.15, -0.1) is 23.1 Å². The molecule has 0 aliphatic heterocycles. The van der Waals surface area contributed by atoms with Gasteiger partial charge in [-0.1, -0.05) is 0 Å². The third-order valence-electron chi connectivity index (χ3n) is 5.92. The standard InChI is InChI=1S/C21H25F3N2OS2/c1-28-20-14-8-3-2-7-13(14)18(29-20)17(27)11-6-12-26-16-10-5-4-9-15(16)19(25-26)21(22,23)24/h2-12H2,1H3. The van der Waals surface area contributed by atoms with E-state index < -0.39 is 11.9 Å². The minimum absolute atomic E-state index is 0.130. The number of thiophene rings is 1. The summed E-state index contributed by atoms with van der Waals surface area (Å²) in [5.41, 5.74) is 2.94. The molecule has 0 atom stereocenters. The minimum atomic E-state index is -4.41. The highest BCUT2D eigenvalue weighted by atomic mass is 32.2. The highest BCUT2D eigenvalue weighted by Crippen LogP contribution is 2.40. The SMILES string of the molecule is CSc1sc(C(=O)CCCn2nc(C(F)(F)F)c3c2CCCC3)c2c1CCCC2. The average Bonchev–Trinajstić information content (AvgIpc) is 3.27. The van der Waals surface area contributed by atoms with E-state index in [9.17, 15) is 18.0 Å². The molecule has 0 aromatic carbocycles. The molecule has 2 aromatic heterocycles. The van der Waals surface area contributed by atoms with Gasteiger partial charge in [-0.3, -0.25) is 9.48 Å². The Morgan fingerprint density at radius 1 is 1.07 bits per heavy atom. The third kappa shape index (κ3) is 4.15. The molecule has 158 valence electrons. The molecule has 0 N–H and O–H groups in total. The Morgan fingerprint density at radius 3 is 2.41 bits per heavy atom. The van der Waals surface area contributed by atoms with Gasteiger partial charge in [-0.05, 0) is 75.2 Å². The van der Waals surface area contributed by atoms with Crippen LogP contribution < -0.4 is 0 Å². The molecule has 0 unspecified atom stereocenters. The summed E-state index contributed by atoms with van der Waals surface area (Å²) in [7, 11) is 0. The van der Waals surface area contributed by atoms with Crippen molar-refractivity contribution < 1.29 is 18.0 Å². The predicted molar refractivity (Wildman–Crippen MR) is 110 cm³/mol. The van der Waals surface area contributed by atoms with Crippen molar-refractivity contribution in [3.05, 3.63) is 33.0 Å². The smallest absolute Gasteiger partial charge is 0.293 e. The van der Waals surface area contributed by atoms with Crippen LogP contribution in [0.5, 0.6) is 0 Å². The number of carbonyl (C=O) groups excluding carboxylic acids is 1. The lowest BCUT2D eigenvalue weighted by Crippen LogP contribution is -2.11. The maximum atomic E-state index is 13.3. The second-order valence-corrected chi connectivity index (χ2v) is 9.91. The predicted octanol–water partition coefficient (Wildman–Crippen LogP) is 6.11. The van der Waals surface area contributed by atoms with Gasteiger partial charge in [0.1, 0.15) is 0 Å². The Kier molecular flexibility index (Phi) is 6.11. The van der Waals surface area contributed by atoms with Crippen molar-refractivity contribution >= 4 is 28.9 Å².